The average molecular weight is 368 g/mol. The number of rotatable bonds is 3. The Bertz CT molecular complexity index is 604. The number of nitrogens with zero attached hydrogens (tertiary/aromatic N) is 3. The molecule has 6 heteroatoms. The van der Waals surface area contributed by atoms with Crippen molar-refractivity contribution in [3.8, 4) is 11.4 Å². The fourth-order valence-electron chi connectivity index (χ4n) is 2.41. The van der Waals surface area contributed by atoms with Gasteiger partial charge in [0, 0.05) is 28.4 Å². The van der Waals surface area contributed by atoms with Crippen LogP contribution in [0.25, 0.3) is 11.4 Å². The molecule has 1 aromatic heterocycles. The van der Waals surface area contributed by atoms with Crippen molar-refractivity contribution >= 4 is 27.7 Å². The molecule has 4 nitrogen and oxygen atoms in total. The number of halogens is 1. The second kappa shape index (κ2) is 6.94. The first-order valence-electron chi connectivity index (χ1n) is 7.13. The van der Waals surface area contributed by atoms with Crippen LogP contribution in [0.2, 0.25) is 0 Å². The van der Waals surface area contributed by atoms with E-state index in [-0.39, 0.29) is 0 Å². The molecule has 0 spiro atoms. The van der Waals surface area contributed by atoms with Crippen molar-refractivity contribution in [2.24, 2.45) is 0 Å². The number of benzene rings is 1. The molecule has 1 aliphatic rings. The summed E-state index contributed by atoms with van der Waals surface area (Å²) >= 11 is 5.49. The molecule has 0 radical (unpaired) electrons. The zero-order valence-electron chi connectivity index (χ0n) is 12.0. The summed E-state index contributed by atoms with van der Waals surface area (Å²) in [4.78, 5) is 6.96. The van der Waals surface area contributed by atoms with Crippen molar-refractivity contribution in [2.45, 2.75) is 25.9 Å². The van der Waals surface area contributed by atoms with Crippen LogP contribution in [0.1, 0.15) is 19.2 Å². The van der Waals surface area contributed by atoms with Crippen molar-refractivity contribution < 1.29 is 4.52 Å². The van der Waals surface area contributed by atoms with Crippen molar-refractivity contribution in [1.82, 2.24) is 15.0 Å². The summed E-state index contributed by atoms with van der Waals surface area (Å²) in [6.07, 6.45) is 1.22. The van der Waals surface area contributed by atoms with E-state index in [1.165, 1.54) is 17.9 Å². The van der Waals surface area contributed by atoms with Gasteiger partial charge < -0.3 is 4.52 Å². The van der Waals surface area contributed by atoms with Gasteiger partial charge in [0.2, 0.25) is 11.7 Å². The highest BCUT2D eigenvalue weighted by atomic mass is 79.9. The highest BCUT2D eigenvalue weighted by Crippen LogP contribution is 2.22. The first-order chi connectivity index (χ1) is 10.2. The van der Waals surface area contributed by atoms with Gasteiger partial charge in [-0.25, -0.2) is 0 Å². The number of aromatic nitrogens is 2. The number of hydrogen-bond donors (Lipinski definition) is 0. The van der Waals surface area contributed by atoms with E-state index in [1.807, 2.05) is 36.0 Å². The predicted octanol–water partition coefficient (Wildman–Crippen LogP) is 3.83. The Hall–Kier alpha value is -0.850. The molecule has 112 valence electrons. The fraction of sp³-hybridized carbons (Fsp3) is 0.467. The normalized spacial score (nSPS) is 20.4. The van der Waals surface area contributed by atoms with Crippen LogP contribution in [0.3, 0.4) is 0 Å². The second-order valence-electron chi connectivity index (χ2n) is 5.24. The van der Waals surface area contributed by atoms with E-state index in [1.54, 1.807) is 0 Å². The molecule has 0 saturated carbocycles. The zero-order chi connectivity index (χ0) is 14.7. The summed E-state index contributed by atoms with van der Waals surface area (Å²) < 4.78 is 6.44. The Kier molecular flexibility index (Phi) is 4.98. The van der Waals surface area contributed by atoms with Crippen LogP contribution >= 0.6 is 27.7 Å². The van der Waals surface area contributed by atoms with Gasteiger partial charge in [0.05, 0.1) is 6.54 Å². The molecule has 0 unspecified atom stereocenters. The lowest BCUT2D eigenvalue weighted by Crippen LogP contribution is -2.33. The molecular weight excluding hydrogens is 350 g/mol. The van der Waals surface area contributed by atoms with Gasteiger partial charge in [0.25, 0.3) is 0 Å². The Balaban J connectivity index is 1.72. The number of hydrogen-bond acceptors (Lipinski definition) is 5. The van der Waals surface area contributed by atoms with Gasteiger partial charge in [0.1, 0.15) is 0 Å². The highest BCUT2D eigenvalue weighted by Gasteiger charge is 2.20. The van der Waals surface area contributed by atoms with E-state index in [4.69, 9.17) is 4.52 Å². The Labute approximate surface area is 137 Å². The third-order valence-electron chi connectivity index (χ3n) is 3.72. The first-order valence-corrected chi connectivity index (χ1v) is 9.07. The summed E-state index contributed by atoms with van der Waals surface area (Å²) in [6, 6.07) is 8.52. The Morgan fingerprint density at radius 2 is 2.33 bits per heavy atom. The highest BCUT2D eigenvalue weighted by molar-refractivity contribution is 9.10. The molecule has 1 fully saturated rings. The molecule has 0 amide bonds. The molecule has 21 heavy (non-hydrogen) atoms. The second-order valence-corrected chi connectivity index (χ2v) is 7.38. The van der Waals surface area contributed by atoms with Crippen LogP contribution < -0.4 is 0 Å². The summed E-state index contributed by atoms with van der Waals surface area (Å²) in [5.41, 5.74) is 0.971. The maximum absolute atomic E-state index is 5.43. The smallest absolute Gasteiger partial charge is 0.241 e. The lowest BCUT2D eigenvalue weighted by molar-refractivity contribution is 0.185. The van der Waals surface area contributed by atoms with Crippen LogP contribution in [0.15, 0.2) is 33.3 Å². The van der Waals surface area contributed by atoms with Gasteiger partial charge in [-0.3, -0.25) is 4.90 Å². The molecule has 1 aromatic carbocycles. The molecule has 1 saturated heterocycles. The molecular formula is C15H18BrN3OS. The van der Waals surface area contributed by atoms with Crippen molar-refractivity contribution in [3.63, 3.8) is 0 Å². The monoisotopic (exact) mass is 367 g/mol. The number of thioether (sulfide) groups is 1. The first kappa shape index (κ1) is 15.1. The topological polar surface area (TPSA) is 42.2 Å². The van der Waals surface area contributed by atoms with Gasteiger partial charge in [-0.05, 0) is 31.2 Å². The van der Waals surface area contributed by atoms with E-state index in [0.29, 0.717) is 17.8 Å². The minimum Gasteiger partial charge on any atom is -0.338 e. The Morgan fingerprint density at radius 1 is 1.43 bits per heavy atom. The summed E-state index contributed by atoms with van der Waals surface area (Å²) in [7, 11) is 0. The average Bonchev–Trinajstić information content (AvgIpc) is 2.85. The van der Waals surface area contributed by atoms with Crippen LogP contribution in [0, 0.1) is 0 Å². The molecule has 0 aliphatic carbocycles. The zero-order valence-corrected chi connectivity index (χ0v) is 14.4. The van der Waals surface area contributed by atoms with Crippen molar-refractivity contribution in [2.75, 3.05) is 18.1 Å². The quantitative estimate of drug-likeness (QED) is 0.824. The summed E-state index contributed by atoms with van der Waals surface area (Å²) in [6.45, 7) is 4.10. The molecule has 0 N–H and O–H groups in total. The SMILES string of the molecule is C[C@@H]1CCSCCN1Cc1nc(-c2cccc(Br)c2)no1. The fourth-order valence-corrected chi connectivity index (χ4v) is 3.89. The minimum absolute atomic E-state index is 0.571. The largest absolute Gasteiger partial charge is 0.338 e. The Morgan fingerprint density at radius 3 is 3.19 bits per heavy atom. The van der Waals surface area contributed by atoms with Gasteiger partial charge in [0.15, 0.2) is 0 Å². The van der Waals surface area contributed by atoms with E-state index in [9.17, 15) is 0 Å². The van der Waals surface area contributed by atoms with E-state index in [0.717, 1.165) is 23.1 Å². The van der Waals surface area contributed by atoms with Crippen molar-refractivity contribution in [1.29, 1.82) is 0 Å². The van der Waals surface area contributed by atoms with Gasteiger partial charge in [-0.15, -0.1) is 0 Å². The van der Waals surface area contributed by atoms with Crippen LogP contribution in [-0.4, -0.2) is 39.1 Å². The third kappa shape index (κ3) is 3.87. The van der Waals surface area contributed by atoms with E-state index in [2.05, 4.69) is 37.9 Å². The summed E-state index contributed by atoms with van der Waals surface area (Å²) in [5.74, 6) is 3.77. The van der Waals surface area contributed by atoms with Crippen LogP contribution in [0.5, 0.6) is 0 Å². The van der Waals surface area contributed by atoms with E-state index < -0.39 is 0 Å². The minimum atomic E-state index is 0.571. The maximum Gasteiger partial charge on any atom is 0.241 e. The molecule has 2 heterocycles. The molecule has 0 bridgehead atoms. The van der Waals surface area contributed by atoms with Gasteiger partial charge >= 0.3 is 0 Å². The van der Waals surface area contributed by atoms with Crippen molar-refractivity contribution in [3.05, 3.63) is 34.6 Å². The molecule has 3 rings (SSSR count). The summed E-state index contributed by atoms with van der Waals surface area (Å²) in [5, 5.41) is 4.10. The standard InChI is InChI=1S/C15H18BrN3OS/c1-11-5-7-21-8-6-19(11)10-14-17-15(18-20-14)12-3-2-4-13(16)9-12/h2-4,9,11H,5-8,10H2,1H3/t11-/m1/s1. The van der Waals surface area contributed by atoms with Crippen LogP contribution in [-0.2, 0) is 6.54 Å². The maximum atomic E-state index is 5.43. The lowest BCUT2D eigenvalue weighted by atomic mass is 10.2. The molecule has 1 aliphatic heterocycles. The van der Waals surface area contributed by atoms with Crippen LogP contribution in [0.4, 0.5) is 0 Å². The molecule has 1 atom stereocenters. The van der Waals surface area contributed by atoms with E-state index >= 15 is 0 Å². The predicted molar refractivity (Wildman–Crippen MR) is 89.2 cm³/mol. The lowest BCUT2D eigenvalue weighted by Gasteiger charge is -2.24. The van der Waals surface area contributed by atoms with Gasteiger partial charge in [-0.2, -0.15) is 16.7 Å². The molecule has 2 aromatic rings. The third-order valence-corrected chi connectivity index (χ3v) is 5.20. The van der Waals surface area contributed by atoms with Gasteiger partial charge in [-0.1, -0.05) is 33.2 Å².